The van der Waals surface area contributed by atoms with Gasteiger partial charge >= 0.3 is 0 Å². The average Bonchev–Trinajstić information content (AvgIpc) is 2.56. The summed E-state index contributed by atoms with van der Waals surface area (Å²) in [7, 11) is 0. The third-order valence-corrected chi connectivity index (χ3v) is 4.96. The third-order valence-electron chi connectivity index (χ3n) is 4.96. The predicted octanol–water partition coefficient (Wildman–Crippen LogP) is 1.61. The number of piperidine rings is 1. The van der Waals surface area contributed by atoms with Gasteiger partial charge in [-0.3, -0.25) is 4.79 Å². The number of nitrogens with two attached hydrogens (primary N) is 1. The van der Waals surface area contributed by atoms with Crippen molar-refractivity contribution in [1.82, 2.24) is 4.90 Å². The van der Waals surface area contributed by atoms with Gasteiger partial charge in [-0.2, -0.15) is 0 Å². The summed E-state index contributed by atoms with van der Waals surface area (Å²) >= 11 is 0. The molecule has 22 heavy (non-hydrogen) atoms. The van der Waals surface area contributed by atoms with Gasteiger partial charge in [0.05, 0.1) is 5.54 Å². The van der Waals surface area contributed by atoms with Crippen molar-refractivity contribution in [3.8, 4) is 5.75 Å². The van der Waals surface area contributed by atoms with E-state index in [1.807, 2.05) is 17.0 Å². The van der Waals surface area contributed by atoms with Gasteiger partial charge in [-0.25, -0.2) is 0 Å². The number of nitrogens with zero attached hydrogens (tertiary/aromatic N) is 1. The van der Waals surface area contributed by atoms with Crippen LogP contribution in [0.25, 0.3) is 0 Å². The molecule has 0 unspecified atom stereocenters. The van der Waals surface area contributed by atoms with Crippen LogP contribution in [0.4, 0.5) is 0 Å². The minimum Gasteiger partial charge on any atom is -0.508 e. The number of hydrogen-bond acceptors (Lipinski definition) is 4. The van der Waals surface area contributed by atoms with Crippen LogP contribution in [0, 0.1) is 0 Å². The van der Waals surface area contributed by atoms with Gasteiger partial charge in [0.2, 0.25) is 5.91 Å². The van der Waals surface area contributed by atoms with E-state index in [0.29, 0.717) is 37.7 Å². The number of carbonyl (C=O) groups is 1. The maximum Gasteiger partial charge on any atom is 0.242 e. The van der Waals surface area contributed by atoms with Crippen molar-refractivity contribution in [2.45, 2.75) is 37.1 Å². The lowest BCUT2D eigenvalue weighted by Gasteiger charge is -2.40. The summed E-state index contributed by atoms with van der Waals surface area (Å²) in [6, 6.07) is 7.40. The van der Waals surface area contributed by atoms with Gasteiger partial charge in [0.25, 0.3) is 0 Å². The molecule has 1 aromatic carbocycles. The highest BCUT2D eigenvalue weighted by molar-refractivity contribution is 5.86. The van der Waals surface area contributed by atoms with Crippen molar-refractivity contribution in [1.29, 1.82) is 0 Å². The second-order valence-electron chi connectivity index (χ2n) is 6.43. The smallest absolute Gasteiger partial charge is 0.242 e. The van der Waals surface area contributed by atoms with Crippen LogP contribution < -0.4 is 5.73 Å². The first-order chi connectivity index (χ1) is 10.6. The van der Waals surface area contributed by atoms with Crippen molar-refractivity contribution in [2.75, 3.05) is 26.3 Å². The molecule has 0 bridgehead atoms. The Morgan fingerprint density at radius 3 is 2.36 bits per heavy atom. The first-order valence-corrected chi connectivity index (χ1v) is 8.03. The van der Waals surface area contributed by atoms with Gasteiger partial charge in [0.1, 0.15) is 5.75 Å². The minimum absolute atomic E-state index is 0.0833. The van der Waals surface area contributed by atoms with Gasteiger partial charge in [-0.15, -0.1) is 0 Å². The normalized spacial score (nSPS) is 22.5. The van der Waals surface area contributed by atoms with Crippen LogP contribution in [0.2, 0.25) is 0 Å². The molecule has 3 rings (SSSR count). The zero-order valence-corrected chi connectivity index (χ0v) is 12.8. The van der Waals surface area contributed by atoms with Crippen LogP contribution >= 0.6 is 0 Å². The highest BCUT2D eigenvalue weighted by Crippen LogP contribution is 2.31. The van der Waals surface area contributed by atoms with Crippen LogP contribution in [0.3, 0.4) is 0 Å². The molecular formula is C17H24N2O3. The summed E-state index contributed by atoms with van der Waals surface area (Å²) in [6.45, 7) is 2.66. The Bertz CT molecular complexity index is 515. The number of phenols is 1. The van der Waals surface area contributed by atoms with Crippen LogP contribution in [0.15, 0.2) is 24.3 Å². The summed E-state index contributed by atoms with van der Waals surface area (Å²) in [4.78, 5) is 14.6. The topological polar surface area (TPSA) is 75.8 Å². The number of benzene rings is 1. The molecule has 2 aliphatic heterocycles. The van der Waals surface area contributed by atoms with E-state index in [4.69, 9.17) is 10.5 Å². The van der Waals surface area contributed by atoms with E-state index in [0.717, 1.165) is 25.9 Å². The first kappa shape index (κ1) is 15.3. The van der Waals surface area contributed by atoms with E-state index < -0.39 is 5.54 Å². The molecule has 5 heteroatoms. The zero-order chi connectivity index (χ0) is 15.6. The first-order valence-electron chi connectivity index (χ1n) is 8.03. The second-order valence-corrected chi connectivity index (χ2v) is 6.43. The largest absolute Gasteiger partial charge is 0.508 e. The van der Waals surface area contributed by atoms with Crippen LogP contribution in [-0.2, 0) is 9.53 Å². The van der Waals surface area contributed by atoms with E-state index >= 15 is 0 Å². The number of likely N-dealkylation sites (tertiary alicyclic amines) is 1. The van der Waals surface area contributed by atoms with Crippen molar-refractivity contribution in [3.63, 3.8) is 0 Å². The van der Waals surface area contributed by atoms with Crippen molar-refractivity contribution >= 4 is 5.91 Å². The quantitative estimate of drug-likeness (QED) is 0.870. The lowest BCUT2D eigenvalue weighted by atomic mass is 9.86. The summed E-state index contributed by atoms with van der Waals surface area (Å²) in [5.74, 6) is 0.828. The molecule has 2 fully saturated rings. The van der Waals surface area contributed by atoms with Crippen molar-refractivity contribution < 1.29 is 14.6 Å². The summed E-state index contributed by atoms with van der Waals surface area (Å²) in [5.41, 5.74) is 6.80. The van der Waals surface area contributed by atoms with E-state index in [9.17, 15) is 9.90 Å². The van der Waals surface area contributed by atoms with Crippen molar-refractivity contribution in [2.24, 2.45) is 5.73 Å². The minimum atomic E-state index is -0.733. The number of hydrogen-bond donors (Lipinski definition) is 2. The van der Waals surface area contributed by atoms with Crippen LogP contribution in [0.1, 0.15) is 37.2 Å². The number of carbonyl (C=O) groups excluding carboxylic acids is 1. The molecule has 2 heterocycles. The number of rotatable bonds is 2. The number of amides is 1. The van der Waals surface area contributed by atoms with Crippen LogP contribution in [-0.4, -0.2) is 47.8 Å². The second kappa shape index (κ2) is 6.26. The fourth-order valence-electron chi connectivity index (χ4n) is 3.43. The Kier molecular flexibility index (Phi) is 4.36. The van der Waals surface area contributed by atoms with Gasteiger partial charge in [-0.05, 0) is 49.3 Å². The Labute approximate surface area is 131 Å². The maximum atomic E-state index is 12.7. The monoisotopic (exact) mass is 304 g/mol. The third kappa shape index (κ3) is 3.10. The van der Waals surface area contributed by atoms with E-state index in [2.05, 4.69) is 0 Å². The van der Waals surface area contributed by atoms with Crippen molar-refractivity contribution in [3.05, 3.63) is 29.8 Å². The summed E-state index contributed by atoms with van der Waals surface area (Å²) in [6.07, 6.45) is 3.12. The molecule has 1 amide bonds. The molecule has 1 aromatic rings. The van der Waals surface area contributed by atoms with Crippen LogP contribution in [0.5, 0.6) is 5.75 Å². The molecule has 0 aromatic heterocycles. The molecule has 0 spiro atoms. The van der Waals surface area contributed by atoms with E-state index in [1.165, 1.54) is 5.56 Å². The molecule has 3 N–H and O–H groups in total. The highest BCUT2D eigenvalue weighted by atomic mass is 16.5. The maximum absolute atomic E-state index is 12.7. The number of aromatic hydroxyl groups is 1. The molecule has 0 saturated carbocycles. The molecule has 0 aliphatic carbocycles. The number of phenolic OH excluding ortho intramolecular Hbond substituents is 1. The van der Waals surface area contributed by atoms with E-state index in [-0.39, 0.29) is 5.91 Å². The lowest BCUT2D eigenvalue weighted by Crippen LogP contribution is -2.59. The molecule has 2 aliphatic rings. The SMILES string of the molecule is NC1(C(=O)N2CCC(c3ccc(O)cc3)CC2)CCOCC1. The number of ether oxygens (including phenoxy) is 1. The van der Waals surface area contributed by atoms with Gasteiger partial charge in [0.15, 0.2) is 0 Å². The molecular weight excluding hydrogens is 280 g/mol. The Balaban J connectivity index is 1.59. The molecule has 120 valence electrons. The summed E-state index contributed by atoms with van der Waals surface area (Å²) < 4.78 is 5.32. The highest BCUT2D eigenvalue weighted by Gasteiger charge is 2.39. The fourth-order valence-corrected chi connectivity index (χ4v) is 3.43. The lowest BCUT2D eigenvalue weighted by molar-refractivity contribution is -0.141. The molecule has 0 radical (unpaired) electrons. The average molecular weight is 304 g/mol. The standard InChI is InChI=1S/C17H24N2O3/c18-17(7-11-22-12-8-17)16(21)19-9-5-14(6-10-19)13-1-3-15(20)4-2-13/h1-4,14,20H,5-12,18H2. The zero-order valence-electron chi connectivity index (χ0n) is 12.8. The van der Waals surface area contributed by atoms with E-state index in [1.54, 1.807) is 12.1 Å². The van der Waals surface area contributed by atoms with Gasteiger partial charge < -0.3 is 20.5 Å². The van der Waals surface area contributed by atoms with Gasteiger partial charge in [-0.1, -0.05) is 12.1 Å². The Morgan fingerprint density at radius 1 is 1.18 bits per heavy atom. The molecule has 0 atom stereocenters. The fraction of sp³-hybridized carbons (Fsp3) is 0.588. The predicted molar refractivity (Wildman–Crippen MR) is 83.6 cm³/mol. The molecule has 5 nitrogen and oxygen atoms in total. The van der Waals surface area contributed by atoms with Gasteiger partial charge in [0, 0.05) is 26.3 Å². The Morgan fingerprint density at radius 2 is 1.77 bits per heavy atom. The Hall–Kier alpha value is -1.59. The summed E-state index contributed by atoms with van der Waals surface area (Å²) in [5, 5.41) is 9.37. The molecule has 2 saturated heterocycles.